The molecule has 1 saturated heterocycles. The summed E-state index contributed by atoms with van der Waals surface area (Å²) in [4.78, 5) is 16.9. The molecule has 0 radical (unpaired) electrons. The fraction of sp³-hybridized carbons (Fsp3) is 0.280. The van der Waals surface area contributed by atoms with Crippen molar-refractivity contribution in [3.63, 3.8) is 0 Å². The van der Waals surface area contributed by atoms with Gasteiger partial charge in [0.05, 0.1) is 16.9 Å². The smallest absolute Gasteiger partial charge is 0.262 e. The monoisotopic (exact) mass is 480 g/mol. The number of aryl methyl sites for hydroxylation is 1. The van der Waals surface area contributed by atoms with Crippen LogP contribution in [0.1, 0.15) is 30.4 Å². The molecule has 0 saturated carbocycles. The Kier molecular flexibility index (Phi) is 7.14. The van der Waals surface area contributed by atoms with Crippen LogP contribution in [0, 0.1) is 6.92 Å². The number of benzene rings is 2. The molecule has 3 aromatic rings. The van der Waals surface area contributed by atoms with E-state index in [9.17, 15) is 13.2 Å². The minimum Gasteiger partial charge on any atom is -0.483 e. The van der Waals surface area contributed by atoms with Crippen LogP contribution in [-0.4, -0.2) is 47.9 Å². The van der Waals surface area contributed by atoms with Gasteiger partial charge in [-0.05, 0) is 49.6 Å². The molecule has 0 aliphatic carbocycles. The van der Waals surface area contributed by atoms with Gasteiger partial charge in [0.25, 0.3) is 5.91 Å². The van der Waals surface area contributed by atoms with E-state index in [2.05, 4.69) is 16.9 Å². The Balaban J connectivity index is 1.45. The molecule has 1 amide bonds. The van der Waals surface area contributed by atoms with Crippen molar-refractivity contribution in [2.24, 2.45) is 0 Å². The number of ether oxygens (including phenoxy) is 1. The van der Waals surface area contributed by atoms with E-state index < -0.39 is 15.9 Å². The number of aromatic nitrogens is 2. The van der Waals surface area contributed by atoms with Crippen molar-refractivity contribution in [2.75, 3.05) is 25.0 Å². The molecule has 1 fully saturated rings. The third-order valence-electron chi connectivity index (χ3n) is 5.78. The Morgan fingerprint density at radius 3 is 2.65 bits per heavy atom. The summed E-state index contributed by atoms with van der Waals surface area (Å²) in [6.07, 6.45) is 7.84. The summed E-state index contributed by atoms with van der Waals surface area (Å²) in [5.41, 5.74) is 2.45. The first kappa shape index (κ1) is 23.7. The van der Waals surface area contributed by atoms with Gasteiger partial charge in [-0.2, -0.15) is 4.31 Å². The van der Waals surface area contributed by atoms with Gasteiger partial charge in [0.15, 0.2) is 6.61 Å². The molecule has 1 aliphatic rings. The Morgan fingerprint density at radius 1 is 1.15 bits per heavy atom. The molecule has 4 rings (SSSR count). The fourth-order valence-corrected chi connectivity index (χ4v) is 5.70. The molecular weight excluding hydrogens is 452 g/mol. The van der Waals surface area contributed by atoms with Gasteiger partial charge >= 0.3 is 0 Å². The summed E-state index contributed by atoms with van der Waals surface area (Å²) in [7, 11) is -3.61. The van der Waals surface area contributed by atoms with Crippen molar-refractivity contribution in [3.05, 3.63) is 78.9 Å². The number of amides is 1. The molecule has 178 valence electrons. The average Bonchev–Trinajstić information content (AvgIpc) is 3.39. The Morgan fingerprint density at radius 2 is 1.91 bits per heavy atom. The number of nitrogens with one attached hydrogen (secondary N) is 1. The summed E-state index contributed by atoms with van der Waals surface area (Å²) >= 11 is 0. The van der Waals surface area contributed by atoms with Crippen LogP contribution in [0.3, 0.4) is 0 Å². The molecule has 0 unspecified atom stereocenters. The Bertz CT molecular complexity index is 1280. The second-order valence-electron chi connectivity index (χ2n) is 8.19. The van der Waals surface area contributed by atoms with Crippen molar-refractivity contribution in [3.8, 4) is 5.75 Å². The molecule has 34 heavy (non-hydrogen) atoms. The van der Waals surface area contributed by atoms with Crippen molar-refractivity contribution in [2.45, 2.75) is 31.1 Å². The zero-order valence-electron chi connectivity index (χ0n) is 19.1. The Labute approximate surface area is 199 Å². The number of carbonyl (C=O) groups excluding carboxylic acids is 1. The lowest BCUT2D eigenvalue weighted by Gasteiger charge is -2.26. The minimum absolute atomic E-state index is 0.218. The predicted octanol–water partition coefficient (Wildman–Crippen LogP) is 3.90. The summed E-state index contributed by atoms with van der Waals surface area (Å²) in [6.45, 7) is 6.65. The highest BCUT2D eigenvalue weighted by atomic mass is 32.2. The number of rotatable bonds is 8. The number of para-hydroxylation sites is 1. The van der Waals surface area contributed by atoms with Crippen LogP contribution in [0.2, 0.25) is 0 Å². The summed E-state index contributed by atoms with van der Waals surface area (Å²) in [5.74, 6) is 0.113. The van der Waals surface area contributed by atoms with Crippen molar-refractivity contribution >= 4 is 27.3 Å². The van der Waals surface area contributed by atoms with Gasteiger partial charge in [0.2, 0.25) is 10.0 Å². The molecule has 8 nitrogen and oxygen atoms in total. The number of hydrogen-bond donors (Lipinski definition) is 1. The van der Waals surface area contributed by atoms with E-state index in [0.717, 1.165) is 24.8 Å². The van der Waals surface area contributed by atoms with Gasteiger partial charge in [-0.25, -0.2) is 13.4 Å². The van der Waals surface area contributed by atoms with Crippen molar-refractivity contribution in [1.29, 1.82) is 0 Å². The maximum absolute atomic E-state index is 13.1. The number of imidazole rings is 1. The summed E-state index contributed by atoms with van der Waals surface area (Å²) < 4.78 is 35.3. The van der Waals surface area contributed by atoms with E-state index in [1.54, 1.807) is 48.4 Å². The third kappa shape index (κ3) is 5.21. The van der Waals surface area contributed by atoms with E-state index >= 15 is 0 Å². The SMILES string of the molecule is C=C(c1ccccc1OCC(=O)Nc1ccc(C)c(S(=O)(=O)N2CCCCC2)c1)n1ccnc1. The molecule has 1 aromatic heterocycles. The normalized spacial score (nSPS) is 14.5. The number of hydrogen-bond acceptors (Lipinski definition) is 5. The van der Waals surface area contributed by atoms with Crippen LogP contribution < -0.4 is 10.1 Å². The quantitative estimate of drug-likeness (QED) is 0.528. The summed E-state index contributed by atoms with van der Waals surface area (Å²) in [6, 6.07) is 12.2. The molecule has 1 aliphatic heterocycles. The number of piperidine rings is 1. The minimum atomic E-state index is -3.61. The molecule has 0 atom stereocenters. The third-order valence-corrected chi connectivity index (χ3v) is 7.82. The second-order valence-corrected chi connectivity index (χ2v) is 10.1. The van der Waals surface area contributed by atoms with Crippen molar-refractivity contribution < 1.29 is 17.9 Å². The standard InChI is InChI=1S/C25H28N4O4S/c1-19-10-11-21(16-24(19)34(31,32)29-13-6-3-7-14-29)27-25(30)17-33-23-9-5-4-8-22(23)20(2)28-15-12-26-18-28/h4-5,8-12,15-16,18H,2-3,6-7,13-14,17H2,1H3,(H,27,30). The van der Waals surface area contributed by atoms with E-state index in [1.807, 2.05) is 18.2 Å². The van der Waals surface area contributed by atoms with Crippen LogP contribution in [0.15, 0.2) is 72.7 Å². The second kappa shape index (κ2) is 10.2. The zero-order chi connectivity index (χ0) is 24.1. The van der Waals surface area contributed by atoms with Gasteiger partial charge in [0.1, 0.15) is 5.75 Å². The number of sulfonamides is 1. The van der Waals surface area contributed by atoms with Crippen molar-refractivity contribution in [1.82, 2.24) is 13.9 Å². The molecule has 0 spiro atoms. The van der Waals surface area contributed by atoms with Crippen LogP contribution in [0.5, 0.6) is 5.75 Å². The van der Waals surface area contributed by atoms with E-state index in [0.29, 0.717) is 35.8 Å². The average molecular weight is 481 g/mol. The fourth-order valence-electron chi connectivity index (χ4n) is 3.93. The van der Waals surface area contributed by atoms with Crippen LogP contribution >= 0.6 is 0 Å². The Hall–Kier alpha value is -3.43. The topological polar surface area (TPSA) is 93.5 Å². The van der Waals surface area contributed by atoms with Crippen LogP contribution in [-0.2, 0) is 14.8 Å². The maximum atomic E-state index is 13.1. The lowest BCUT2D eigenvalue weighted by atomic mass is 10.1. The summed E-state index contributed by atoms with van der Waals surface area (Å²) in [5, 5.41) is 2.75. The molecule has 1 N–H and O–H groups in total. The van der Waals surface area contributed by atoms with Gasteiger partial charge in [-0.15, -0.1) is 0 Å². The highest BCUT2D eigenvalue weighted by molar-refractivity contribution is 7.89. The maximum Gasteiger partial charge on any atom is 0.262 e. The van der Waals surface area contributed by atoms with Gasteiger partial charge < -0.3 is 14.6 Å². The molecule has 2 aromatic carbocycles. The van der Waals surface area contributed by atoms with Gasteiger partial charge in [-0.1, -0.05) is 31.2 Å². The van der Waals surface area contributed by atoms with Crippen LogP contribution in [0.25, 0.3) is 5.70 Å². The zero-order valence-corrected chi connectivity index (χ0v) is 19.9. The first-order valence-electron chi connectivity index (χ1n) is 11.2. The van der Waals surface area contributed by atoms with E-state index in [-0.39, 0.29) is 11.5 Å². The van der Waals surface area contributed by atoms with Gasteiger partial charge in [-0.3, -0.25) is 4.79 Å². The van der Waals surface area contributed by atoms with Crippen LogP contribution in [0.4, 0.5) is 5.69 Å². The predicted molar refractivity (Wildman–Crippen MR) is 131 cm³/mol. The lowest BCUT2D eigenvalue weighted by Crippen LogP contribution is -2.36. The highest BCUT2D eigenvalue weighted by Crippen LogP contribution is 2.27. The van der Waals surface area contributed by atoms with E-state index in [1.165, 1.54) is 10.4 Å². The first-order valence-corrected chi connectivity index (χ1v) is 12.6. The largest absolute Gasteiger partial charge is 0.483 e. The molecule has 0 bridgehead atoms. The first-order chi connectivity index (χ1) is 16.4. The van der Waals surface area contributed by atoms with Gasteiger partial charge in [0, 0.05) is 36.7 Å². The molecule has 2 heterocycles. The number of anilines is 1. The molecular formula is C25H28N4O4S. The lowest BCUT2D eigenvalue weighted by molar-refractivity contribution is -0.118. The number of nitrogens with zero attached hydrogens (tertiary/aromatic N) is 3. The van der Waals surface area contributed by atoms with E-state index in [4.69, 9.17) is 4.74 Å². The number of carbonyl (C=O) groups is 1. The highest BCUT2D eigenvalue weighted by Gasteiger charge is 2.27. The molecule has 9 heteroatoms.